The van der Waals surface area contributed by atoms with Gasteiger partial charge in [-0.05, 0) is 30.3 Å². The summed E-state index contributed by atoms with van der Waals surface area (Å²) in [6.45, 7) is 0. The molecule has 0 unspecified atom stereocenters. The first-order valence-corrected chi connectivity index (χ1v) is 6.39. The number of nitrogens with zero attached hydrogens (tertiary/aromatic N) is 3. The molecule has 2 heterocycles. The lowest BCUT2D eigenvalue weighted by molar-refractivity contribution is 0.0992. The average molecular weight is 281 g/mol. The maximum absolute atomic E-state index is 13.2. The van der Waals surface area contributed by atoms with Crippen LogP contribution < -0.4 is 4.90 Å². The number of hydrogen-bond acceptors (Lipinski definition) is 3. The van der Waals surface area contributed by atoms with Crippen molar-refractivity contribution in [1.29, 1.82) is 0 Å². The Labute approximate surface area is 120 Å². The second-order valence-electron chi connectivity index (χ2n) is 4.60. The Morgan fingerprint density at radius 1 is 1.19 bits per heavy atom. The molecule has 0 radical (unpaired) electrons. The molecule has 0 spiro atoms. The van der Waals surface area contributed by atoms with Gasteiger partial charge in [0.25, 0.3) is 5.91 Å². The number of rotatable bonds is 2. The first-order valence-electron chi connectivity index (χ1n) is 6.39. The minimum atomic E-state index is -0.533. The quantitative estimate of drug-likeness (QED) is 0.725. The molecule has 0 bridgehead atoms. The molecule has 0 saturated carbocycles. The number of anilines is 1. The van der Waals surface area contributed by atoms with Crippen molar-refractivity contribution in [2.75, 3.05) is 11.9 Å². The summed E-state index contributed by atoms with van der Waals surface area (Å²) in [5.74, 6) is -0.854. The Morgan fingerprint density at radius 3 is 2.86 bits per heavy atom. The van der Waals surface area contributed by atoms with Crippen LogP contribution in [-0.2, 0) is 0 Å². The van der Waals surface area contributed by atoms with Gasteiger partial charge in [-0.25, -0.2) is 4.39 Å². The second kappa shape index (κ2) is 5.28. The third-order valence-corrected chi connectivity index (χ3v) is 3.24. The van der Waals surface area contributed by atoms with Gasteiger partial charge in [0.15, 0.2) is 0 Å². The molecular weight excluding hydrogens is 269 g/mol. The van der Waals surface area contributed by atoms with Crippen LogP contribution in [0.25, 0.3) is 10.9 Å². The van der Waals surface area contributed by atoms with Gasteiger partial charge in [0.2, 0.25) is 0 Å². The van der Waals surface area contributed by atoms with Crippen LogP contribution in [0.1, 0.15) is 10.4 Å². The molecule has 21 heavy (non-hydrogen) atoms. The zero-order valence-electron chi connectivity index (χ0n) is 11.3. The lowest BCUT2D eigenvalue weighted by atomic mass is 10.1. The number of amides is 1. The molecule has 0 aliphatic rings. The van der Waals surface area contributed by atoms with Crippen LogP contribution in [0.2, 0.25) is 0 Å². The van der Waals surface area contributed by atoms with Gasteiger partial charge in [-0.2, -0.15) is 0 Å². The first kappa shape index (κ1) is 13.2. The van der Waals surface area contributed by atoms with Crippen molar-refractivity contribution in [3.05, 3.63) is 66.4 Å². The van der Waals surface area contributed by atoms with Crippen molar-refractivity contribution < 1.29 is 9.18 Å². The van der Waals surface area contributed by atoms with Gasteiger partial charge in [0.1, 0.15) is 5.82 Å². The summed E-state index contributed by atoms with van der Waals surface area (Å²) in [6, 6.07) is 10.4. The van der Waals surface area contributed by atoms with E-state index in [1.807, 2.05) is 30.3 Å². The number of hydrogen-bond donors (Lipinski definition) is 0. The van der Waals surface area contributed by atoms with Crippen molar-refractivity contribution in [1.82, 2.24) is 9.97 Å². The Balaban J connectivity index is 2.04. The third-order valence-electron chi connectivity index (χ3n) is 3.24. The Morgan fingerprint density at radius 2 is 2.05 bits per heavy atom. The van der Waals surface area contributed by atoms with E-state index in [1.165, 1.54) is 17.2 Å². The number of aromatic nitrogens is 2. The van der Waals surface area contributed by atoms with Gasteiger partial charge in [0.05, 0.1) is 23.0 Å². The molecule has 3 rings (SSSR count). The highest BCUT2D eigenvalue weighted by Crippen LogP contribution is 2.25. The molecule has 3 aromatic rings. The van der Waals surface area contributed by atoms with Crippen LogP contribution in [0.3, 0.4) is 0 Å². The third kappa shape index (κ3) is 2.45. The molecule has 4 nitrogen and oxygen atoms in total. The van der Waals surface area contributed by atoms with Crippen LogP contribution in [0.4, 0.5) is 10.1 Å². The maximum atomic E-state index is 13.2. The van der Waals surface area contributed by atoms with Crippen LogP contribution in [0.5, 0.6) is 0 Å². The molecule has 0 atom stereocenters. The van der Waals surface area contributed by atoms with Crippen molar-refractivity contribution in [3.8, 4) is 0 Å². The number of benzene rings is 1. The smallest absolute Gasteiger partial charge is 0.259 e. The van der Waals surface area contributed by atoms with Crippen molar-refractivity contribution >= 4 is 22.5 Å². The van der Waals surface area contributed by atoms with Crippen LogP contribution >= 0.6 is 0 Å². The average Bonchev–Trinajstić information content (AvgIpc) is 2.53. The molecule has 0 N–H and O–H groups in total. The fraction of sp³-hybridized carbons (Fsp3) is 0.0625. The van der Waals surface area contributed by atoms with Crippen LogP contribution in [-0.4, -0.2) is 22.9 Å². The molecule has 1 amide bonds. The number of halogens is 1. The molecule has 5 heteroatoms. The standard InChI is InChI=1S/C16H12FN3O/c1-20(16(21)11-8-12(17)10-18-9-11)15-6-2-5-14-13(15)4-3-7-19-14/h2-10H,1H3. The SMILES string of the molecule is CN(C(=O)c1cncc(F)c1)c1cccc2ncccc12. The highest BCUT2D eigenvalue weighted by Gasteiger charge is 2.16. The van der Waals surface area contributed by atoms with Crippen LogP contribution in [0, 0.1) is 5.82 Å². The zero-order chi connectivity index (χ0) is 14.8. The minimum Gasteiger partial charge on any atom is -0.311 e. The van der Waals surface area contributed by atoms with E-state index in [-0.39, 0.29) is 11.5 Å². The highest BCUT2D eigenvalue weighted by molar-refractivity contribution is 6.09. The summed E-state index contributed by atoms with van der Waals surface area (Å²) in [5.41, 5.74) is 1.72. The summed E-state index contributed by atoms with van der Waals surface area (Å²) < 4.78 is 13.2. The van der Waals surface area contributed by atoms with E-state index < -0.39 is 5.82 Å². The van der Waals surface area contributed by atoms with Crippen molar-refractivity contribution in [3.63, 3.8) is 0 Å². The Bertz CT molecular complexity index is 814. The number of carbonyl (C=O) groups excluding carboxylic acids is 1. The molecule has 0 saturated heterocycles. The minimum absolute atomic E-state index is 0.207. The van der Waals surface area contributed by atoms with Gasteiger partial charge in [0, 0.05) is 24.8 Å². The van der Waals surface area contributed by atoms with E-state index in [2.05, 4.69) is 9.97 Å². The van der Waals surface area contributed by atoms with E-state index in [0.717, 1.165) is 22.8 Å². The Kier molecular flexibility index (Phi) is 3.31. The van der Waals surface area contributed by atoms with Crippen molar-refractivity contribution in [2.45, 2.75) is 0 Å². The second-order valence-corrected chi connectivity index (χ2v) is 4.60. The number of pyridine rings is 2. The topological polar surface area (TPSA) is 46.1 Å². The van der Waals surface area contributed by atoms with E-state index in [0.29, 0.717) is 0 Å². The summed E-state index contributed by atoms with van der Waals surface area (Å²) >= 11 is 0. The monoisotopic (exact) mass is 281 g/mol. The Hall–Kier alpha value is -2.82. The maximum Gasteiger partial charge on any atom is 0.259 e. The summed E-state index contributed by atoms with van der Waals surface area (Å²) in [6.07, 6.45) is 4.12. The largest absolute Gasteiger partial charge is 0.311 e. The predicted octanol–water partition coefficient (Wildman–Crippen LogP) is 3.05. The summed E-state index contributed by atoms with van der Waals surface area (Å²) in [7, 11) is 1.65. The summed E-state index contributed by atoms with van der Waals surface area (Å²) in [4.78, 5) is 21.9. The highest BCUT2D eigenvalue weighted by atomic mass is 19.1. The molecule has 1 aromatic carbocycles. The van der Waals surface area contributed by atoms with Crippen molar-refractivity contribution in [2.24, 2.45) is 0 Å². The van der Waals surface area contributed by atoms with E-state index in [9.17, 15) is 9.18 Å². The molecule has 104 valence electrons. The van der Waals surface area contributed by atoms with E-state index in [4.69, 9.17) is 0 Å². The van der Waals surface area contributed by atoms with Gasteiger partial charge in [-0.3, -0.25) is 14.8 Å². The van der Waals surface area contributed by atoms with E-state index in [1.54, 1.807) is 13.2 Å². The first-order chi connectivity index (χ1) is 10.2. The lowest BCUT2D eigenvalue weighted by Crippen LogP contribution is -2.26. The molecule has 0 fully saturated rings. The van der Waals surface area contributed by atoms with Gasteiger partial charge in [-0.15, -0.1) is 0 Å². The molecular formula is C16H12FN3O. The normalized spacial score (nSPS) is 10.6. The predicted molar refractivity (Wildman–Crippen MR) is 78.7 cm³/mol. The molecule has 2 aromatic heterocycles. The van der Waals surface area contributed by atoms with Gasteiger partial charge < -0.3 is 4.90 Å². The fourth-order valence-corrected chi connectivity index (χ4v) is 2.21. The number of fused-ring (bicyclic) bond motifs is 1. The molecule has 0 aliphatic heterocycles. The van der Waals surface area contributed by atoms with E-state index >= 15 is 0 Å². The van der Waals surface area contributed by atoms with Crippen LogP contribution in [0.15, 0.2) is 55.0 Å². The fourth-order valence-electron chi connectivity index (χ4n) is 2.21. The zero-order valence-corrected chi connectivity index (χ0v) is 11.3. The summed E-state index contributed by atoms with van der Waals surface area (Å²) in [5, 5.41) is 0.861. The van der Waals surface area contributed by atoms with Gasteiger partial charge >= 0.3 is 0 Å². The van der Waals surface area contributed by atoms with Gasteiger partial charge in [-0.1, -0.05) is 6.07 Å². The molecule has 0 aliphatic carbocycles. The lowest BCUT2D eigenvalue weighted by Gasteiger charge is -2.19. The number of carbonyl (C=O) groups is 1.